The highest BCUT2D eigenvalue weighted by Crippen LogP contribution is 2.12. The molecule has 0 fully saturated rings. The largest absolute Gasteiger partial charge is 0.445 e. The second-order valence-electron chi connectivity index (χ2n) is 4.90. The zero-order valence-corrected chi connectivity index (χ0v) is 13.8. The molecule has 0 spiro atoms. The third kappa shape index (κ3) is 5.91. The molecule has 0 radical (unpaired) electrons. The van der Waals surface area contributed by atoms with Crippen LogP contribution in [0.5, 0.6) is 0 Å². The standard InChI is InChI=1S/C17H15FN2O4S/c18-16-11-15(25(19,22)23)9-8-14(16)7-4-10-20-17(21)24-12-13-5-2-1-3-6-13/h1-3,5-6,8-9,11H,10,12H2,(H,20,21)(H2,19,22,23). The molecule has 8 heteroatoms. The van der Waals surface area contributed by atoms with Crippen LogP contribution < -0.4 is 10.5 Å². The summed E-state index contributed by atoms with van der Waals surface area (Å²) in [6.07, 6.45) is -0.650. The molecule has 2 aromatic rings. The zero-order chi connectivity index (χ0) is 18.3. The fraction of sp³-hybridized carbons (Fsp3) is 0.118. The highest BCUT2D eigenvalue weighted by atomic mass is 32.2. The number of sulfonamides is 1. The Kier molecular flexibility index (Phi) is 6.11. The molecule has 0 aromatic heterocycles. The predicted molar refractivity (Wildman–Crippen MR) is 89.3 cm³/mol. The summed E-state index contributed by atoms with van der Waals surface area (Å²) in [5.74, 6) is 4.22. The molecule has 0 saturated carbocycles. The number of carbonyl (C=O) groups is 1. The summed E-state index contributed by atoms with van der Waals surface area (Å²) >= 11 is 0. The summed E-state index contributed by atoms with van der Waals surface area (Å²) in [7, 11) is -3.97. The molecule has 0 bridgehead atoms. The number of carbonyl (C=O) groups excluding carboxylic acids is 1. The molecule has 0 saturated heterocycles. The van der Waals surface area contributed by atoms with E-state index in [1.54, 1.807) is 0 Å². The summed E-state index contributed by atoms with van der Waals surface area (Å²) in [6.45, 7) is 0.0771. The highest BCUT2D eigenvalue weighted by Gasteiger charge is 2.10. The summed E-state index contributed by atoms with van der Waals surface area (Å²) in [4.78, 5) is 11.2. The molecule has 130 valence electrons. The first kappa shape index (κ1) is 18.4. The van der Waals surface area contributed by atoms with Crippen LogP contribution in [0.2, 0.25) is 0 Å². The van der Waals surface area contributed by atoms with Gasteiger partial charge in [0.05, 0.1) is 17.0 Å². The normalized spacial score (nSPS) is 10.5. The number of nitrogens with two attached hydrogens (primary N) is 1. The van der Waals surface area contributed by atoms with Gasteiger partial charge in [-0.25, -0.2) is 22.7 Å². The van der Waals surface area contributed by atoms with Gasteiger partial charge in [-0.15, -0.1) is 0 Å². The van der Waals surface area contributed by atoms with Crippen LogP contribution in [0.1, 0.15) is 11.1 Å². The summed E-state index contributed by atoms with van der Waals surface area (Å²) in [5.41, 5.74) is 0.840. The number of primary sulfonamides is 1. The van der Waals surface area contributed by atoms with Crippen LogP contribution in [0.4, 0.5) is 9.18 Å². The van der Waals surface area contributed by atoms with E-state index in [4.69, 9.17) is 9.88 Å². The number of rotatable bonds is 4. The van der Waals surface area contributed by atoms with Crippen molar-refractivity contribution in [3.05, 3.63) is 65.5 Å². The second-order valence-corrected chi connectivity index (χ2v) is 6.47. The van der Waals surface area contributed by atoms with E-state index < -0.39 is 21.9 Å². The summed E-state index contributed by atoms with van der Waals surface area (Å²) < 4.78 is 40.9. The Labute approximate surface area is 144 Å². The lowest BCUT2D eigenvalue weighted by atomic mass is 10.2. The molecule has 1 amide bonds. The highest BCUT2D eigenvalue weighted by molar-refractivity contribution is 7.89. The van der Waals surface area contributed by atoms with Crippen molar-refractivity contribution in [3.8, 4) is 11.8 Å². The minimum atomic E-state index is -3.97. The molecule has 0 aliphatic heterocycles. The third-order valence-corrected chi connectivity index (χ3v) is 3.94. The van der Waals surface area contributed by atoms with Gasteiger partial charge in [-0.1, -0.05) is 42.2 Å². The Bertz CT molecular complexity index is 919. The summed E-state index contributed by atoms with van der Waals surface area (Å²) in [5, 5.41) is 7.31. The quantitative estimate of drug-likeness (QED) is 0.810. The van der Waals surface area contributed by atoms with Gasteiger partial charge in [0.15, 0.2) is 0 Å². The first-order chi connectivity index (χ1) is 11.9. The molecule has 25 heavy (non-hydrogen) atoms. The molecule has 2 aromatic carbocycles. The van der Waals surface area contributed by atoms with Gasteiger partial charge in [0.25, 0.3) is 0 Å². The van der Waals surface area contributed by atoms with Gasteiger partial charge < -0.3 is 10.1 Å². The number of hydrogen-bond donors (Lipinski definition) is 2. The molecule has 0 aliphatic carbocycles. The predicted octanol–water partition coefficient (Wildman–Crippen LogP) is 1.75. The van der Waals surface area contributed by atoms with Gasteiger partial charge >= 0.3 is 6.09 Å². The molecule has 0 unspecified atom stereocenters. The van der Waals surface area contributed by atoms with E-state index >= 15 is 0 Å². The third-order valence-electron chi connectivity index (χ3n) is 3.03. The van der Waals surface area contributed by atoms with Crippen molar-refractivity contribution in [2.24, 2.45) is 5.14 Å². The maximum Gasteiger partial charge on any atom is 0.408 e. The van der Waals surface area contributed by atoms with E-state index in [-0.39, 0.29) is 23.6 Å². The van der Waals surface area contributed by atoms with E-state index in [9.17, 15) is 17.6 Å². The fourth-order valence-electron chi connectivity index (χ4n) is 1.80. The van der Waals surface area contributed by atoms with Gasteiger partial charge in [-0.05, 0) is 23.8 Å². The molecule has 2 rings (SSSR count). The minimum Gasteiger partial charge on any atom is -0.445 e. The molecule has 0 atom stereocenters. The Morgan fingerprint density at radius 1 is 1.20 bits per heavy atom. The van der Waals surface area contributed by atoms with Crippen LogP contribution >= 0.6 is 0 Å². The van der Waals surface area contributed by atoms with Gasteiger partial charge in [-0.2, -0.15) is 0 Å². The number of ether oxygens (including phenoxy) is 1. The fourth-order valence-corrected chi connectivity index (χ4v) is 2.33. The molecule has 3 N–H and O–H groups in total. The molecule has 0 heterocycles. The average Bonchev–Trinajstić information content (AvgIpc) is 2.58. The van der Waals surface area contributed by atoms with Crippen LogP contribution in [0.25, 0.3) is 0 Å². The van der Waals surface area contributed by atoms with Crippen molar-refractivity contribution in [2.45, 2.75) is 11.5 Å². The minimum absolute atomic E-state index is 0.00754. The number of hydrogen-bond acceptors (Lipinski definition) is 4. The lowest BCUT2D eigenvalue weighted by Gasteiger charge is -2.04. The first-order valence-electron chi connectivity index (χ1n) is 7.12. The maximum absolute atomic E-state index is 13.7. The summed E-state index contributed by atoms with van der Waals surface area (Å²) in [6, 6.07) is 12.3. The van der Waals surface area contributed by atoms with E-state index in [0.29, 0.717) is 0 Å². The van der Waals surface area contributed by atoms with E-state index in [1.165, 1.54) is 6.07 Å². The molecular weight excluding hydrogens is 347 g/mol. The van der Waals surface area contributed by atoms with Crippen LogP contribution in [-0.2, 0) is 21.4 Å². The van der Waals surface area contributed by atoms with E-state index in [2.05, 4.69) is 17.2 Å². The Morgan fingerprint density at radius 3 is 2.56 bits per heavy atom. The van der Waals surface area contributed by atoms with Crippen molar-refractivity contribution in [2.75, 3.05) is 6.54 Å². The maximum atomic E-state index is 13.7. The number of amides is 1. The van der Waals surface area contributed by atoms with Crippen molar-refractivity contribution < 1.29 is 22.3 Å². The van der Waals surface area contributed by atoms with Crippen molar-refractivity contribution in [1.29, 1.82) is 0 Å². The monoisotopic (exact) mass is 362 g/mol. The van der Waals surface area contributed by atoms with E-state index in [0.717, 1.165) is 17.7 Å². The smallest absolute Gasteiger partial charge is 0.408 e. The molecular formula is C17H15FN2O4S. The number of halogens is 1. The molecule has 0 aliphatic rings. The topological polar surface area (TPSA) is 98.5 Å². The first-order valence-corrected chi connectivity index (χ1v) is 8.66. The van der Waals surface area contributed by atoms with Crippen LogP contribution in [0, 0.1) is 17.7 Å². The van der Waals surface area contributed by atoms with Crippen LogP contribution in [0.3, 0.4) is 0 Å². The lowest BCUT2D eigenvalue weighted by Crippen LogP contribution is -2.24. The van der Waals surface area contributed by atoms with Crippen molar-refractivity contribution in [3.63, 3.8) is 0 Å². The molecule has 6 nitrogen and oxygen atoms in total. The van der Waals surface area contributed by atoms with E-state index in [1.807, 2.05) is 30.3 Å². The second kappa shape index (κ2) is 8.28. The van der Waals surface area contributed by atoms with Gasteiger partial charge in [0.2, 0.25) is 10.0 Å². The van der Waals surface area contributed by atoms with Crippen LogP contribution in [-0.4, -0.2) is 21.1 Å². The number of nitrogens with one attached hydrogen (secondary N) is 1. The van der Waals surface area contributed by atoms with Gasteiger partial charge in [-0.3, -0.25) is 0 Å². The van der Waals surface area contributed by atoms with Gasteiger partial charge in [0.1, 0.15) is 12.4 Å². The lowest BCUT2D eigenvalue weighted by molar-refractivity contribution is 0.141. The van der Waals surface area contributed by atoms with Crippen molar-refractivity contribution >= 4 is 16.1 Å². The Balaban J connectivity index is 1.85. The van der Waals surface area contributed by atoms with Crippen LogP contribution in [0.15, 0.2) is 53.4 Å². The Hall–Kier alpha value is -2.89. The average molecular weight is 362 g/mol. The number of alkyl carbamates (subject to hydrolysis) is 1. The number of benzene rings is 2. The zero-order valence-electron chi connectivity index (χ0n) is 13.0. The SMILES string of the molecule is NS(=O)(=O)c1ccc(C#CCNC(=O)OCc2ccccc2)c(F)c1. The van der Waals surface area contributed by atoms with Gasteiger partial charge in [0, 0.05) is 0 Å². The van der Waals surface area contributed by atoms with Crippen molar-refractivity contribution in [1.82, 2.24) is 5.32 Å². The Morgan fingerprint density at radius 2 is 1.92 bits per heavy atom.